The molecule has 2 amide bonds. The Hall–Kier alpha value is -3.55. The maximum atomic E-state index is 13.2. The minimum atomic E-state index is -0.695. The van der Waals surface area contributed by atoms with Gasteiger partial charge in [-0.15, -0.1) is 0 Å². The number of carbonyl (C=O) groups is 2. The van der Waals surface area contributed by atoms with Gasteiger partial charge in [-0.2, -0.15) is 0 Å². The number of amides is 2. The summed E-state index contributed by atoms with van der Waals surface area (Å²) in [6, 6.07) is 21.8. The fourth-order valence-corrected chi connectivity index (χ4v) is 4.12. The number of fused-ring (bicyclic) bond motifs is 1. The van der Waals surface area contributed by atoms with Crippen LogP contribution in [-0.4, -0.2) is 35.3 Å². The van der Waals surface area contributed by atoms with Gasteiger partial charge < -0.3 is 9.47 Å². The van der Waals surface area contributed by atoms with E-state index in [0.717, 1.165) is 16.7 Å². The first-order valence-electron chi connectivity index (χ1n) is 10.5. The van der Waals surface area contributed by atoms with Crippen molar-refractivity contribution in [2.75, 3.05) is 13.2 Å². The molecule has 1 aliphatic rings. The van der Waals surface area contributed by atoms with E-state index in [0.29, 0.717) is 29.3 Å². The Bertz CT molecular complexity index is 1140. The highest BCUT2D eigenvalue weighted by molar-refractivity contribution is 6.30. The number of nitrogens with zero attached hydrogens (tertiary/aromatic N) is 1. The smallest absolute Gasteiger partial charge is 0.410 e. The summed E-state index contributed by atoms with van der Waals surface area (Å²) >= 11 is 6.31. The third-order valence-corrected chi connectivity index (χ3v) is 5.71. The van der Waals surface area contributed by atoms with Gasteiger partial charge in [0.25, 0.3) is 5.91 Å². The van der Waals surface area contributed by atoms with E-state index in [1.165, 1.54) is 0 Å². The summed E-state index contributed by atoms with van der Waals surface area (Å²) in [5, 5.41) is 9.27. The number of benzene rings is 3. The average Bonchev–Trinajstić information content (AvgIpc) is 2.86. The van der Waals surface area contributed by atoms with E-state index in [4.69, 9.17) is 26.3 Å². The van der Waals surface area contributed by atoms with Crippen molar-refractivity contribution in [3.63, 3.8) is 0 Å². The van der Waals surface area contributed by atoms with E-state index < -0.39 is 24.6 Å². The first-order chi connectivity index (χ1) is 16.1. The number of carbonyl (C=O) groups excluding carboxylic acids is 2. The van der Waals surface area contributed by atoms with Crippen LogP contribution in [0.3, 0.4) is 0 Å². The molecular formula is C25H23ClN2O5. The Balaban J connectivity index is 1.68. The average molecular weight is 467 g/mol. The molecule has 33 heavy (non-hydrogen) atoms. The molecule has 2 N–H and O–H groups in total. The Kier molecular flexibility index (Phi) is 7.12. The van der Waals surface area contributed by atoms with E-state index in [1.807, 2.05) is 54.6 Å². The highest BCUT2D eigenvalue weighted by Crippen LogP contribution is 2.40. The number of hydrogen-bond acceptors (Lipinski definition) is 5. The highest BCUT2D eigenvalue weighted by atomic mass is 35.5. The van der Waals surface area contributed by atoms with Crippen LogP contribution in [0.15, 0.2) is 72.8 Å². The summed E-state index contributed by atoms with van der Waals surface area (Å²) in [6.45, 7) is 0.205. The standard InChI is InChI=1S/C25H23ClN2O5/c26-19-10-11-22(32-16-23(29)27-31)21(14-19)24-20-9-5-4-8-18(20)12-13-28(24)25(30)33-15-17-6-2-1-3-7-17/h1-11,14,24,31H,12-13,15-16H2,(H,27,29). The van der Waals surface area contributed by atoms with E-state index in [2.05, 4.69) is 0 Å². The molecule has 0 aliphatic carbocycles. The van der Waals surface area contributed by atoms with E-state index in [9.17, 15) is 9.59 Å². The van der Waals surface area contributed by atoms with Crippen LogP contribution in [0.1, 0.15) is 28.3 Å². The van der Waals surface area contributed by atoms with Crippen molar-refractivity contribution >= 4 is 23.6 Å². The topological polar surface area (TPSA) is 88.1 Å². The van der Waals surface area contributed by atoms with Gasteiger partial charge >= 0.3 is 6.09 Å². The molecule has 4 rings (SSSR count). The molecule has 0 bridgehead atoms. The van der Waals surface area contributed by atoms with Crippen molar-refractivity contribution in [1.82, 2.24) is 10.4 Å². The fraction of sp³-hybridized carbons (Fsp3) is 0.200. The zero-order chi connectivity index (χ0) is 23.2. The zero-order valence-corrected chi connectivity index (χ0v) is 18.5. The molecule has 0 aromatic heterocycles. The Morgan fingerprint density at radius 1 is 1.03 bits per heavy atom. The van der Waals surface area contributed by atoms with Crippen LogP contribution in [0, 0.1) is 0 Å². The lowest BCUT2D eigenvalue weighted by atomic mass is 9.88. The van der Waals surface area contributed by atoms with Gasteiger partial charge in [-0.3, -0.25) is 14.9 Å². The molecule has 8 heteroatoms. The van der Waals surface area contributed by atoms with Crippen LogP contribution in [-0.2, 0) is 22.6 Å². The van der Waals surface area contributed by atoms with Crippen molar-refractivity contribution in [3.05, 3.63) is 100 Å². The Morgan fingerprint density at radius 2 is 1.79 bits per heavy atom. The Labute approximate surface area is 196 Å². The van der Waals surface area contributed by atoms with Crippen molar-refractivity contribution in [2.45, 2.75) is 19.1 Å². The van der Waals surface area contributed by atoms with Crippen molar-refractivity contribution in [2.24, 2.45) is 0 Å². The number of ether oxygens (including phenoxy) is 2. The monoisotopic (exact) mass is 466 g/mol. The van der Waals surface area contributed by atoms with Gasteiger partial charge in [-0.1, -0.05) is 66.2 Å². The van der Waals surface area contributed by atoms with Gasteiger partial charge in [-0.05, 0) is 41.3 Å². The highest BCUT2D eigenvalue weighted by Gasteiger charge is 2.35. The first-order valence-corrected chi connectivity index (χ1v) is 10.8. The van der Waals surface area contributed by atoms with Crippen LogP contribution in [0.4, 0.5) is 4.79 Å². The molecule has 0 saturated carbocycles. The third kappa shape index (κ3) is 5.27. The van der Waals surface area contributed by atoms with Gasteiger partial charge in [0.15, 0.2) is 6.61 Å². The summed E-state index contributed by atoms with van der Waals surface area (Å²) in [5.74, 6) is -0.315. The molecule has 3 aromatic carbocycles. The van der Waals surface area contributed by atoms with Crippen LogP contribution >= 0.6 is 11.6 Å². The minimum absolute atomic E-state index is 0.153. The van der Waals surface area contributed by atoms with Crippen LogP contribution in [0.25, 0.3) is 0 Å². The number of hydrogen-bond donors (Lipinski definition) is 2. The van der Waals surface area contributed by atoms with Crippen LogP contribution in [0.5, 0.6) is 5.75 Å². The second kappa shape index (κ2) is 10.4. The molecular weight excluding hydrogens is 444 g/mol. The SMILES string of the molecule is O=C(COc1ccc(Cl)cc1C1c2ccccc2CCN1C(=O)OCc1ccccc1)NO. The predicted octanol–water partition coefficient (Wildman–Crippen LogP) is 4.51. The lowest BCUT2D eigenvalue weighted by molar-refractivity contribution is -0.131. The summed E-state index contributed by atoms with van der Waals surface area (Å²) < 4.78 is 11.3. The summed E-state index contributed by atoms with van der Waals surface area (Å²) in [6.07, 6.45) is 0.217. The molecule has 1 heterocycles. The zero-order valence-electron chi connectivity index (χ0n) is 17.7. The fourth-order valence-electron chi connectivity index (χ4n) is 3.94. The van der Waals surface area contributed by atoms with Crippen molar-refractivity contribution in [3.8, 4) is 5.75 Å². The van der Waals surface area contributed by atoms with E-state index in [-0.39, 0.29) is 6.61 Å². The molecule has 1 atom stereocenters. The van der Waals surface area contributed by atoms with E-state index in [1.54, 1.807) is 28.6 Å². The quantitative estimate of drug-likeness (QED) is 0.412. The minimum Gasteiger partial charge on any atom is -0.483 e. The molecule has 1 aliphatic heterocycles. The molecule has 7 nitrogen and oxygen atoms in total. The van der Waals surface area contributed by atoms with Gasteiger partial charge in [0.2, 0.25) is 0 Å². The number of halogens is 1. The normalized spacial score (nSPS) is 14.8. The Morgan fingerprint density at radius 3 is 2.58 bits per heavy atom. The molecule has 0 spiro atoms. The number of hydroxylamine groups is 1. The van der Waals surface area contributed by atoms with Gasteiger partial charge in [0.05, 0.1) is 6.04 Å². The molecule has 0 radical (unpaired) electrons. The molecule has 170 valence electrons. The number of rotatable bonds is 6. The third-order valence-electron chi connectivity index (χ3n) is 5.47. The second-order valence-corrected chi connectivity index (χ2v) is 8.03. The predicted molar refractivity (Wildman–Crippen MR) is 122 cm³/mol. The van der Waals surface area contributed by atoms with Gasteiger partial charge in [0.1, 0.15) is 12.4 Å². The van der Waals surface area contributed by atoms with Crippen LogP contribution in [0.2, 0.25) is 5.02 Å². The maximum absolute atomic E-state index is 13.2. The van der Waals surface area contributed by atoms with Gasteiger partial charge in [0, 0.05) is 17.1 Å². The molecule has 1 unspecified atom stereocenters. The maximum Gasteiger partial charge on any atom is 0.410 e. The summed E-state index contributed by atoms with van der Waals surface area (Å²) in [7, 11) is 0. The van der Waals surface area contributed by atoms with E-state index >= 15 is 0 Å². The molecule has 3 aromatic rings. The lowest BCUT2D eigenvalue weighted by Gasteiger charge is -2.37. The largest absolute Gasteiger partial charge is 0.483 e. The van der Waals surface area contributed by atoms with Gasteiger partial charge in [-0.25, -0.2) is 10.3 Å². The van der Waals surface area contributed by atoms with Crippen LogP contribution < -0.4 is 10.2 Å². The van der Waals surface area contributed by atoms with Crippen molar-refractivity contribution < 1.29 is 24.3 Å². The second-order valence-electron chi connectivity index (χ2n) is 7.59. The summed E-state index contributed by atoms with van der Waals surface area (Å²) in [4.78, 5) is 26.4. The number of nitrogens with one attached hydrogen (secondary N) is 1. The first kappa shape index (κ1) is 22.6. The lowest BCUT2D eigenvalue weighted by Crippen LogP contribution is -2.41. The molecule has 0 fully saturated rings. The molecule has 0 saturated heterocycles. The summed E-state index contributed by atoms with van der Waals surface area (Å²) in [5.41, 5.74) is 5.09. The van der Waals surface area contributed by atoms with Crippen molar-refractivity contribution in [1.29, 1.82) is 0 Å².